The minimum Gasteiger partial charge on any atom is -0.488 e. The first-order valence-corrected chi connectivity index (χ1v) is 5.58. The lowest BCUT2D eigenvalue weighted by molar-refractivity contribution is 0.334. The maximum Gasteiger partial charge on any atom is 0.272 e. The van der Waals surface area contributed by atoms with Crippen LogP contribution in [-0.2, 0) is 6.54 Å². The highest BCUT2D eigenvalue weighted by Gasteiger charge is 2.21. The lowest BCUT2D eigenvalue weighted by Crippen LogP contribution is -2.35. The second-order valence-corrected chi connectivity index (χ2v) is 3.78. The molecule has 0 spiro atoms. The standard InChI is InChI=1S/C13H12FNO3/c1-2-18-13-10(11(16)12(13)17)15-7-8-3-5-9(14)6-4-8/h3-6,15H,2,7H2,1H3. The fourth-order valence-corrected chi connectivity index (χ4v) is 1.61. The molecule has 1 N–H and O–H groups in total. The maximum atomic E-state index is 12.7. The molecular weight excluding hydrogens is 237 g/mol. The van der Waals surface area contributed by atoms with E-state index < -0.39 is 10.9 Å². The van der Waals surface area contributed by atoms with E-state index >= 15 is 0 Å². The predicted octanol–water partition coefficient (Wildman–Crippen LogP) is 1.43. The van der Waals surface area contributed by atoms with E-state index in [9.17, 15) is 14.0 Å². The van der Waals surface area contributed by atoms with Crippen LogP contribution in [0.4, 0.5) is 10.1 Å². The largest absolute Gasteiger partial charge is 0.488 e. The smallest absolute Gasteiger partial charge is 0.272 e. The maximum absolute atomic E-state index is 12.7. The zero-order chi connectivity index (χ0) is 13.1. The van der Waals surface area contributed by atoms with Crippen molar-refractivity contribution in [3.8, 4) is 5.75 Å². The molecule has 0 aromatic heterocycles. The summed E-state index contributed by atoms with van der Waals surface area (Å²) in [5.74, 6) is -0.229. The van der Waals surface area contributed by atoms with Crippen molar-refractivity contribution in [3.63, 3.8) is 0 Å². The first kappa shape index (κ1) is 12.3. The zero-order valence-corrected chi connectivity index (χ0v) is 9.83. The molecule has 5 heteroatoms. The summed E-state index contributed by atoms with van der Waals surface area (Å²) in [7, 11) is 0. The zero-order valence-electron chi connectivity index (χ0n) is 9.83. The summed E-state index contributed by atoms with van der Waals surface area (Å²) in [5.41, 5.74) is -0.155. The summed E-state index contributed by atoms with van der Waals surface area (Å²) < 4.78 is 17.8. The van der Waals surface area contributed by atoms with Crippen LogP contribution in [0.2, 0.25) is 0 Å². The Morgan fingerprint density at radius 3 is 2.44 bits per heavy atom. The van der Waals surface area contributed by atoms with Gasteiger partial charge in [-0.25, -0.2) is 4.39 Å². The highest BCUT2D eigenvalue weighted by molar-refractivity contribution is 5.61. The molecule has 18 heavy (non-hydrogen) atoms. The Morgan fingerprint density at radius 2 is 1.83 bits per heavy atom. The molecule has 0 fully saturated rings. The lowest BCUT2D eigenvalue weighted by atomic mass is 10.2. The van der Waals surface area contributed by atoms with E-state index in [1.807, 2.05) is 0 Å². The van der Waals surface area contributed by atoms with Gasteiger partial charge in [0.15, 0.2) is 5.75 Å². The Hall–Kier alpha value is -2.17. The summed E-state index contributed by atoms with van der Waals surface area (Å²) in [6, 6.07) is 5.88. The summed E-state index contributed by atoms with van der Waals surface area (Å²) in [6.45, 7) is 2.40. The third-order valence-corrected chi connectivity index (χ3v) is 2.54. The predicted molar refractivity (Wildman–Crippen MR) is 66.2 cm³/mol. The quantitative estimate of drug-likeness (QED) is 0.814. The number of nitrogens with one attached hydrogen (secondary N) is 1. The van der Waals surface area contributed by atoms with Crippen LogP contribution in [0.25, 0.3) is 0 Å². The average Bonchev–Trinajstić information content (AvgIpc) is 2.39. The monoisotopic (exact) mass is 249 g/mol. The van der Waals surface area contributed by atoms with Gasteiger partial charge >= 0.3 is 0 Å². The van der Waals surface area contributed by atoms with Gasteiger partial charge in [-0.05, 0) is 24.6 Å². The van der Waals surface area contributed by atoms with Crippen LogP contribution >= 0.6 is 0 Å². The van der Waals surface area contributed by atoms with Crippen molar-refractivity contribution < 1.29 is 9.13 Å². The topological polar surface area (TPSA) is 55.4 Å². The van der Waals surface area contributed by atoms with Crippen LogP contribution in [0.15, 0.2) is 33.9 Å². The van der Waals surface area contributed by atoms with Crippen LogP contribution in [0.5, 0.6) is 5.75 Å². The van der Waals surface area contributed by atoms with E-state index in [0.29, 0.717) is 13.2 Å². The Labute approximate surface area is 103 Å². The van der Waals surface area contributed by atoms with Crippen LogP contribution in [0, 0.1) is 5.82 Å². The molecule has 0 heterocycles. The number of ether oxygens (including phenoxy) is 1. The molecule has 0 amide bonds. The van der Waals surface area contributed by atoms with Gasteiger partial charge < -0.3 is 10.1 Å². The third kappa shape index (κ3) is 2.25. The number of hydrogen-bond acceptors (Lipinski definition) is 4. The van der Waals surface area contributed by atoms with Crippen molar-refractivity contribution in [3.05, 3.63) is 56.1 Å². The molecule has 94 valence electrons. The molecule has 2 rings (SSSR count). The van der Waals surface area contributed by atoms with Gasteiger partial charge in [0.25, 0.3) is 10.9 Å². The van der Waals surface area contributed by atoms with Gasteiger partial charge in [0.1, 0.15) is 11.5 Å². The first-order valence-electron chi connectivity index (χ1n) is 5.58. The number of halogens is 1. The Morgan fingerprint density at radius 1 is 1.17 bits per heavy atom. The molecule has 0 bridgehead atoms. The molecule has 0 aliphatic carbocycles. The summed E-state index contributed by atoms with van der Waals surface area (Å²) >= 11 is 0. The lowest BCUT2D eigenvalue weighted by Gasteiger charge is -2.12. The van der Waals surface area contributed by atoms with Gasteiger partial charge in [0.2, 0.25) is 0 Å². The van der Waals surface area contributed by atoms with Crippen molar-refractivity contribution >= 4 is 5.69 Å². The van der Waals surface area contributed by atoms with Gasteiger partial charge in [-0.15, -0.1) is 0 Å². The fourth-order valence-electron chi connectivity index (χ4n) is 1.61. The van der Waals surface area contributed by atoms with Gasteiger partial charge in [-0.2, -0.15) is 0 Å². The van der Waals surface area contributed by atoms with Gasteiger partial charge in [0, 0.05) is 6.54 Å². The molecule has 4 nitrogen and oxygen atoms in total. The molecule has 0 radical (unpaired) electrons. The minimum absolute atomic E-state index is 0.0876. The van der Waals surface area contributed by atoms with Crippen LogP contribution in [0.3, 0.4) is 0 Å². The van der Waals surface area contributed by atoms with E-state index in [-0.39, 0.29) is 17.3 Å². The number of benzene rings is 1. The highest BCUT2D eigenvalue weighted by Crippen LogP contribution is 2.18. The summed E-state index contributed by atoms with van der Waals surface area (Å²) in [4.78, 5) is 22.5. The Bertz CT molecular complexity index is 612. The average molecular weight is 249 g/mol. The highest BCUT2D eigenvalue weighted by atomic mass is 19.1. The van der Waals surface area contributed by atoms with E-state index in [2.05, 4.69) is 5.32 Å². The second-order valence-electron chi connectivity index (χ2n) is 3.78. The van der Waals surface area contributed by atoms with Crippen molar-refractivity contribution in [2.24, 2.45) is 0 Å². The molecule has 0 aliphatic heterocycles. The van der Waals surface area contributed by atoms with E-state index in [1.54, 1.807) is 19.1 Å². The van der Waals surface area contributed by atoms with Crippen LogP contribution < -0.4 is 20.9 Å². The van der Waals surface area contributed by atoms with Crippen molar-refractivity contribution in [2.45, 2.75) is 13.5 Å². The van der Waals surface area contributed by atoms with Crippen LogP contribution in [-0.4, -0.2) is 6.61 Å². The number of hydrogen-bond donors (Lipinski definition) is 1. The number of rotatable bonds is 5. The van der Waals surface area contributed by atoms with Crippen molar-refractivity contribution in [1.82, 2.24) is 0 Å². The Balaban J connectivity index is 2.07. The molecular formula is C13H12FNO3. The molecule has 0 unspecified atom stereocenters. The molecule has 0 atom stereocenters. The molecule has 2 aromatic rings. The number of anilines is 1. The summed E-state index contributed by atoms with van der Waals surface area (Å²) in [6.07, 6.45) is 0. The van der Waals surface area contributed by atoms with Gasteiger partial charge in [-0.3, -0.25) is 9.59 Å². The fraction of sp³-hybridized carbons (Fsp3) is 0.231. The third-order valence-electron chi connectivity index (χ3n) is 2.54. The molecule has 0 saturated heterocycles. The minimum atomic E-state index is -0.599. The van der Waals surface area contributed by atoms with Gasteiger partial charge in [0.05, 0.1) is 6.61 Å². The second kappa shape index (κ2) is 5.00. The first-order chi connectivity index (χ1) is 8.63. The summed E-state index contributed by atoms with van der Waals surface area (Å²) in [5, 5.41) is 2.83. The van der Waals surface area contributed by atoms with Crippen molar-refractivity contribution in [2.75, 3.05) is 11.9 Å². The van der Waals surface area contributed by atoms with E-state index in [0.717, 1.165) is 5.56 Å². The van der Waals surface area contributed by atoms with Crippen LogP contribution in [0.1, 0.15) is 12.5 Å². The normalized spacial score (nSPS) is 10.6. The van der Waals surface area contributed by atoms with E-state index in [1.165, 1.54) is 12.1 Å². The SMILES string of the molecule is CCOc1c(NCc2ccc(F)cc2)c(=O)c1=O. The van der Waals surface area contributed by atoms with Gasteiger partial charge in [-0.1, -0.05) is 12.1 Å². The Kier molecular flexibility index (Phi) is 3.41. The molecule has 0 aliphatic rings. The molecule has 2 aromatic carbocycles. The molecule has 0 saturated carbocycles. The van der Waals surface area contributed by atoms with Crippen molar-refractivity contribution in [1.29, 1.82) is 0 Å². The van der Waals surface area contributed by atoms with E-state index in [4.69, 9.17) is 4.74 Å².